The molecule has 0 aromatic heterocycles. The summed E-state index contributed by atoms with van der Waals surface area (Å²) in [5.74, 6) is 1.47. The van der Waals surface area contributed by atoms with Crippen molar-refractivity contribution >= 4 is 51.7 Å². The summed E-state index contributed by atoms with van der Waals surface area (Å²) >= 11 is 7.44. The molecule has 3 aromatic carbocycles. The van der Waals surface area contributed by atoms with Crippen LogP contribution in [0.5, 0.6) is 17.2 Å². The number of amides is 2. The van der Waals surface area contributed by atoms with Gasteiger partial charge in [-0.3, -0.25) is 14.5 Å². The lowest BCUT2D eigenvalue weighted by Gasteiger charge is -2.32. The largest absolute Gasteiger partial charge is 0.497 e. The number of hydrogen-bond acceptors (Lipinski definition) is 7. The molecule has 2 aliphatic rings. The van der Waals surface area contributed by atoms with Crippen molar-refractivity contribution in [1.29, 1.82) is 0 Å². The van der Waals surface area contributed by atoms with Gasteiger partial charge in [-0.15, -0.1) is 0 Å². The zero-order valence-electron chi connectivity index (χ0n) is 19.3. The number of carbonyl (C=O) groups excluding carboxylic acids is 2. The molecular formula is C26H22ClN3O5S. The smallest absolute Gasteiger partial charge is 0.238 e. The van der Waals surface area contributed by atoms with Crippen LogP contribution in [-0.2, 0) is 16.1 Å². The van der Waals surface area contributed by atoms with E-state index >= 15 is 0 Å². The number of methoxy groups -OCH3 is 1. The van der Waals surface area contributed by atoms with E-state index in [0.29, 0.717) is 38.8 Å². The third-order valence-electron chi connectivity index (χ3n) is 5.64. The maximum Gasteiger partial charge on any atom is 0.238 e. The second kappa shape index (κ2) is 10.5. The van der Waals surface area contributed by atoms with Gasteiger partial charge in [-0.25, -0.2) is 4.99 Å². The number of amidine groups is 1. The summed E-state index contributed by atoms with van der Waals surface area (Å²) in [7, 11) is 1.59. The summed E-state index contributed by atoms with van der Waals surface area (Å²) in [6, 6.07) is 19.7. The number of ether oxygens (including phenoxy) is 3. The normalized spacial score (nSPS) is 17.8. The quantitative estimate of drug-likeness (QED) is 0.475. The minimum absolute atomic E-state index is 0.0210. The van der Waals surface area contributed by atoms with E-state index in [4.69, 9.17) is 30.8 Å². The summed E-state index contributed by atoms with van der Waals surface area (Å²) in [6.45, 7) is 0.444. The SMILES string of the molecule is COc1ccc(N=C2SC(C(=O)Nc3ccccc3Cl)CC(=O)N2Cc2ccc3c(c2)OCO3)cc1. The maximum atomic E-state index is 13.3. The molecule has 184 valence electrons. The fourth-order valence-corrected chi connectivity index (χ4v) is 5.04. The zero-order chi connectivity index (χ0) is 25.1. The molecule has 0 spiro atoms. The van der Waals surface area contributed by atoms with Crippen LogP contribution in [0.25, 0.3) is 0 Å². The molecule has 2 amide bonds. The Bertz CT molecular complexity index is 1330. The number of fused-ring (bicyclic) bond motifs is 1. The number of aliphatic imine (C=N–C) groups is 1. The summed E-state index contributed by atoms with van der Waals surface area (Å²) < 4.78 is 16.1. The van der Waals surface area contributed by atoms with Gasteiger partial charge in [0.05, 0.1) is 30.1 Å². The Morgan fingerprint density at radius 2 is 1.92 bits per heavy atom. The Balaban J connectivity index is 1.41. The van der Waals surface area contributed by atoms with Crippen LogP contribution in [0.2, 0.25) is 5.02 Å². The van der Waals surface area contributed by atoms with Gasteiger partial charge in [0.2, 0.25) is 18.6 Å². The number of carbonyl (C=O) groups is 2. The van der Waals surface area contributed by atoms with Crippen LogP contribution < -0.4 is 19.5 Å². The minimum Gasteiger partial charge on any atom is -0.497 e. The first-order valence-electron chi connectivity index (χ1n) is 11.1. The Morgan fingerprint density at radius 3 is 2.69 bits per heavy atom. The zero-order valence-corrected chi connectivity index (χ0v) is 20.8. The Labute approximate surface area is 217 Å². The van der Waals surface area contributed by atoms with Gasteiger partial charge in [0, 0.05) is 6.42 Å². The highest BCUT2D eigenvalue weighted by Crippen LogP contribution is 2.35. The van der Waals surface area contributed by atoms with Crippen molar-refractivity contribution in [3.05, 3.63) is 77.3 Å². The summed E-state index contributed by atoms with van der Waals surface area (Å²) in [4.78, 5) is 32.7. The van der Waals surface area contributed by atoms with Gasteiger partial charge in [-0.05, 0) is 54.1 Å². The topological polar surface area (TPSA) is 89.5 Å². The van der Waals surface area contributed by atoms with Gasteiger partial charge in [0.25, 0.3) is 0 Å². The second-order valence-corrected chi connectivity index (χ2v) is 9.62. The molecule has 8 nitrogen and oxygen atoms in total. The number of nitrogens with one attached hydrogen (secondary N) is 1. The number of anilines is 1. The molecular weight excluding hydrogens is 502 g/mol. The highest BCUT2D eigenvalue weighted by molar-refractivity contribution is 8.15. The van der Waals surface area contributed by atoms with E-state index in [2.05, 4.69) is 5.32 Å². The Kier molecular flexibility index (Phi) is 7.02. The van der Waals surface area contributed by atoms with Crippen LogP contribution in [0.1, 0.15) is 12.0 Å². The van der Waals surface area contributed by atoms with Crippen molar-refractivity contribution < 1.29 is 23.8 Å². The molecule has 1 N–H and O–H groups in total. The number of benzene rings is 3. The molecule has 36 heavy (non-hydrogen) atoms. The van der Waals surface area contributed by atoms with Crippen LogP contribution in [0.3, 0.4) is 0 Å². The number of thioether (sulfide) groups is 1. The fraction of sp³-hybridized carbons (Fsp3) is 0.192. The van der Waals surface area contributed by atoms with Gasteiger partial charge in [-0.1, -0.05) is 41.6 Å². The van der Waals surface area contributed by atoms with E-state index in [0.717, 1.165) is 5.56 Å². The summed E-state index contributed by atoms with van der Waals surface area (Å²) in [5, 5.41) is 3.01. The molecule has 0 bridgehead atoms. The molecule has 1 atom stereocenters. The molecule has 2 heterocycles. The Hall–Kier alpha value is -3.69. The average Bonchev–Trinajstić information content (AvgIpc) is 3.35. The number of rotatable bonds is 6. The predicted octanol–water partition coefficient (Wildman–Crippen LogP) is 5.24. The molecule has 0 saturated carbocycles. The predicted molar refractivity (Wildman–Crippen MR) is 139 cm³/mol. The molecule has 2 aliphatic heterocycles. The number of hydrogen-bond donors (Lipinski definition) is 1. The van der Waals surface area contributed by atoms with Crippen LogP contribution >= 0.6 is 23.4 Å². The lowest BCUT2D eigenvalue weighted by atomic mass is 10.1. The lowest BCUT2D eigenvalue weighted by molar-refractivity contribution is -0.129. The first-order valence-corrected chi connectivity index (χ1v) is 12.4. The van der Waals surface area contributed by atoms with E-state index in [-0.39, 0.29) is 31.6 Å². The van der Waals surface area contributed by atoms with E-state index < -0.39 is 5.25 Å². The van der Waals surface area contributed by atoms with Gasteiger partial charge >= 0.3 is 0 Å². The van der Waals surface area contributed by atoms with Crippen molar-refractivity contribution in [2.24, 2.45) is 4.99 Å². The van der Waals surface area contributed by atoms with Crippen LogP contribution in [0, 0.1) is 0 Å². The van der Waals surface area contributed by atoms with Crippen molar-refractivity contribution in [3.63, 3.8) is 0 Å². The second-order valence-electron chi connectivity index (χ2n) is 8.04. The highest BCUT2D eigenvalue weighted by Gasteiger charge is 2.36. The molecule has 1 fully saturated rings. The maximum absolute atomic E-state index is 13.3. The molecule has 1 saturated heterocycles. The molecule has 10 heteroatoms. The van der Waals surface area contributed by atoms with Crippen molar-refractivity contribution in [1.82, 2.24) is 4.90 Å². The lowest BCUT2D eigenvalue weighted by Crippen LogP contribution is -2.44. The van der Waals surface area contributed by atoms with Crippen molar-refractivity contribution in [3.8, 4) is 17.2 Å². The van der Waals surface area contributed by atoms with Crippen LogP contribution in [-0.4, -0.2) is 41.0 Å². The number of para-hydroxylation sites is 1. The van der Waals surface area contributed by atoms with Crippen molar-refractivity contribution in [2.45, 2.75) is 18.2 Å². The first kappa shape index (κ1) is 24.0. The van der Waals surface area contributed by atoms with Gasteiger partial charge in [0.1, 0.15) is 11.0 Å². The molecule has 0 aliphatic carbocycles. The summed E-state index contributed by atoms with van der Waals surface area (Å²) in [6.07, 6.45) is 0.0210. The fourth-order valence-electron chi connectivity index (χ4n) is 3.76. The minimum atomic E-state index is -0.668. The Morgan fingerprint density at radius 1 is 1.14 bits per heavy atom. The number of halogens is 1. The third-order valence-corrected chi connectivity index (χ3v) is 7.16. The van der Waals surface area contributed by atoms with Gasteiger partial charge < -0.3 is 19.5 Å². The molecule has 3 aromatic rings. The molecule has 5 rings (SSSR count). The third kappa shape index (κ3) is 5.27. The monoisotopic (exact) mass is 523 g/mol. The van der Waals surface area contributed by atoms with Gasteiger partial charge in [-0.2, -0.15) is 0 Å². The van der Waals surface area contributed by atoms with E-state index in [1.807, 2.05) is 18.2 Å². The average molecular weight is 524 g/mol. The molecule has 1 unspecified atom stereocenters. The standard InChI is InChI=1S/C26H22ClN3O5S/c1-33-18-9-7-17(8-10-18)28-26-30(14-16-6-11-21-22(12-16)35-15-34-21)24(31)13-23(36-26)25(32)29-20-5-3-2-4-19(20)27/h2-12,23H,13-15H2,1H3,(H,29,32). The first-order chi connectivity index (χ1) is 17.5. The van der Waals surface area contributed by atoms with Gasteiger partial charge in [0.15, 0.2) is 16.7 Å². The summed E-state index contributed by atoms with van der Waals surface area (Å²) in [5.41, 5.74) is 1.98. The van der Waals surface area contributed by atoms with E-state index in [1.165, 1.54) is 11.8 Å². The highest BCUT2D eigenvalue weighted by atomic mass is 35.5. The van der Waals surface area contributed by atoms with Crippen molar-refractivity contribution in [2.75, 3.05) is 19.2 Å². The van der Waals surface area contributed by atoms with E-state index in [9.17, 15) is 9.59 Å². The van der Waals surface area contributed by atoms with E-state index in [1.54, 1.807) is 60.5 Å². The van der Waals surface area contributed by atoms with Crippen LogP contribution in [0.15, 0.2) is 71.7 Å². The number of nitrogens with zero attached hydrogens (tertiary/aromatic N) is 2. The molecule has 0 radical (unpaired) electrons. The van der Waals surface area contributed by atoms with Crippen LogP contribution in [0.4, 0.5) is 11.4 Å².